The molecule has 2 bridgehead atoms. The first-order valence-corrected chi connectivity index (χ1v) is 10.8. The van der Waals surface area contributed by atoms with E-state index < -0.39 is 5.97 Å². The molecule has 2 amide bonds. The molecule has 0 spiro atoms. The van der Waals surface area contributed by atoms with Crippen molar-refractivity contribution >= 4 is 23.5 Å². The van der Waals surface area contributed by atoms with Crippen molar-refractivity contribution < 1.29 is 19.1 Å². The summed E-state index contributed by atoms with van der Waals surface area (Å²) in [7, 11) is 0. The number of ether oxygens (including phenoxy) is 1. The van der Waals surface area contributed by atoms with Gasteiger partial charge in [0, 0.05) is 0 Å². The van der Waals surface area contributed by atoms with Crippen molar-refractivity contribution in [1.82, 2.24) is 0 Å². The lowest BCUT2D eigenvalue weighted by atomic mass is 9.85. The molecule has 3 aliphatic rings. The van der Waals surface area contributed by atoms with Gasteiger partial charge in [-0.15, -0.1) is 0 Å². The van der Waals surface area contributed by atoms with Crippen molar-refractivity contribution in [3.8, 4) is 5.75 Å². The third-order valence-corrected chi connectivity index (χ3v) is 6.80. The largest absolute Gasteiger partial charge is 0.423 e. The average molecular weight is 415 g/mol. The minimum absolute atomic E-state index is 0.153. The summed E-state index contributed by atoms with van der Waals surface area (Å²) >= 11 is 0. The fourth-order valence-electron chi connectivity index (χ4n) is 5.29. The van der Waals surface area contributed by atoms with Crippen LogP contribution in [0, 0.1) is 30.6 Å². The van der Waals surface area contributed by atoms with E-state index in [9.17, 15) is 14.4 Å². The number of fused-ring (bicyclic) bond motifs is 5. The molecular formula is C26H25NO4. The van der Waals surface area contributed by atoms with Crippen LogP contribution < -0.4 is 9.64 Å². The van der Waals surface area contributed by atoms with E-state index in [0.717, 1.165) is 17.5 Å². The number of benzene rings is 2. The van der Waals surface area contributed by atoms with Gasteiger partial charge in [-0.1, -0.05) is 44.2 Å². The zero-order chi connectivity index (χ0) is 21.9. The Morgan fingerprint density at radius 3 is 2.32 bits per heavy atom. The molecule has 1 heterocycles. The normalized spacial score (nSPS) is 26.1. The summed E-state index contributed by atoms with van der Waals surface area (Å²) in [5, 5.41) is 0. The summed E-state index contributed by atoms with van der Waals surface area (Å²) in [6.45, 7) is 6.05. The molecule has 2 aliphatic carbocycles. The monoisotopic (exact) mass is 415 g/mol. The van der Waals surface area contributed by atoms with Crippen LogP contribution in [0.2, 0.25) is 0 Å². The molecule has 0 radical (unpaired) electrons. The van der Waals surface area contributed by atoms with Gasteiger partial charge in [0.25, 0.3) is 0 Å². The Kier molecular flexibility index (Phi) is 4.58. The lowest BCUT2D eigenvalue weighted by molar-refractivity contribution is -0.123. The summed E-state index contributed by atoms with van der Waals surface area (Å²) in [5.74, 6) is -0.292. The minimum Gasteiger partial charge on any atom is -0.423 e. The van der Waals surface area contributed by atoms with Gasteiger partial charge in [0.15, 0.2) is 0 Å². The molecule has 1 aliphatic heterocycles. The van der Waals surface area contributed by atoms with Crippen molar-refractivity contribution in [2.75, 3.05) is 4.90 Å². The maximum absolute atomic E-state index is 13.1. The van der Waals surface area contributed by atoms with Crippen molar-refractivity contribution in [2.24, 2.45) is 23.7 Å². The standard InChI is InChI=1S/C26H25NO4/c1-14(2)20-10-7-15(3)11-21(20)31-26(30)18-5-4-6-19(13-18)27-24(28)22-16-8-9-17(12-16)23(22)25(27)29/h4-11,13-14,16-17,22-23H,12H2,1-3H3/t16-,17-,22-,23-/m0/s1. The Morgan fingerprint density at radius 1 is 1.00 bits per heavy atom. The lowest BCUT2D eigenvalue weighted by Crippen LogP contribution is -2.33. The second kappa shape index (κ2) is 7.19. The molecule has 2 fully saturated rings. The van der Waals surface area contributed by atoms with Gasteiger partial charge in [-0.3, -0.25) is 9.59 Å². The summed E-state index contributed by atoms with van der Waals surface area (Å²) in [6.07, 6.45) is 5.03. The zero-order valence-electron chi connectivity index (χ0n) is 17.9. The highest BCUT2D eigenvalue weighted by atomic mass is 16.5. The second-order valence-corrected chi connectivity index (χ2v) is 9.15. The lowest BCUT2D eigenvalue weighted by Gasteiger charge is -2.18. The number of anilines is 1. The number of amides is 2. The van der Waals surface area contributed by atoms with Crippen LogP contribution in [0.25, 0.3) is 0 Å². The highest BCUT2D eigenvalue weighted by Crippen LogP contribution is 2.53. The van der Waals surface area contributed by atoms with Crippen LogP contribution in [0.5, 0.6) is 5.75 Å². The van der Waals surface area contributed by atoms with Crippen LogP contribution in [0.1, 0.15) is 47.7 Å². The quantitative estimate of drug-likeness (QED) is 0.316. The number of aryl methyl sites for hydroxylation is 1. The molecule has 4 atom stereocenters. The highest BCUT2D eigenvalue weighted by Gasteiger charge is 2.59. The summed E-state index contributed by atoms with van der Waals surface area (Å²) in [4.78, 5) is 40.3. The molecule has 2 aromatic rings. The molecule has 2 aromatic carbocycles. The van der Waals surface area contributed by atoms with Crippen molar-refractivity contribution in [3.63, 3.8) is 0 Å². The molecule has 0 unspecified atom stereocenters. The van der Waals surface area contributed by atoms with Crippen LogP contribution >= 0.6 is 0 Å². The number of allylic oxidation sites excluding steroid dienone is 2. The summed E-state index contributed by atoms with van der Waals surface area (Å²) in [6, 6.07) is 12.4. The van der Waals surface area contributed by atoms with Gasteiger partial charge in [-0.25, -0.2) is 9.69 Å². The number of carbonyl (C=O) groups excluding carboxylic acids is 3. The fourth-order valence-corrected chi connectivity index (χ4v) is 5.29. The van der Waals surface area contributed by atoms with Crippen LogP contribution in [0.3, 0.4) is 0 Å². The number of esters is 1. The van der Waals surface area contributed by atoms with Gasteiger partial charge in [0.2, 0.25) is 11.8 Å². The molecule has 5 rings (SSSR count). The Balaban J connectivity index is 1.42. The van der Waals surface area contributed by atoms with E-state index in [2.05, 4.69) is 12.2 Å². The molecule has 1 saturated heterocycles. The first-order chi connectivity index (χ1) is 14.8. The minimum atomic E-state index is -0.504. The van der Waals surface area contributed by atoms with Gasteiger partial charge in [0.1, 0.15) is 5.75 Å². The van der Waals surface area contributed by atoms with Gasteiger partial charge in [-0.2, -0.15) is 0 Å². The first kappa shape index (κ1) is 19.7. The third kappa shape index (κ3) is 3.11. The first-order valence-electron chi connectivity index (χ1n) is 10.8. The second-order valence-electron chi connectivity index (χ2n) is 9.15. The predicted octanol–water partition coefficient (Wildman–Crippen LogP) is 4.65. The van der Waals surface area contributed by atoms with Gasteiger partial charge in [0.05, 0.1) is 23.1 Å². The SMILES string of the molecule is Cc1ccc(C(C)C)c(OC(=O)c2cccc(N3C(=O)[C@@H]4[C@@H](C3=O)[C@H]3C=C[C@H]4C3)c2)c1. The van der Waals surface area contributed by atoms with E-state index in [0.29, 0.717) is 17.0 Å². The zero-order valence-corrected chi connectivity index (χ0v) is 17.9. The van der Waals surface area contributed by atoms with E-state index in [1.54, 1.807) is 24.3 Å². The van der Waals surface area contributed by atoms with Crippen LogP contribution in [0.15, 0.2) is 54.6 Å². The molecule has 1 saturated carbocycles. The molecule has 31 heavy (non-hydrogen) atoms. The topological polar surface area (TPSA) is 63.7 Å². The number of hydrogen-bond donors (Lipinski definition) is 0. The van der Waals surface area contributed by atoms with Gasteiger partial charge >= 0.3 is 5.97 Å². The van der Waals surface area contributed by atoms with E-state index in [1.165, 1.54) is 4.90 Å². The van der Waals surface area contributed by atoms with Crippen molar-refractivity contribution in [3.05, 3.63) is 71.3 Å². The predicted molar refractivity (Wildman–Crippen MR) is 117 cm³/mol. The van der Waals surface area contributed by atoms with Crippen LogP contribution in [-0.4, -0.2) is 17.8 Å². The summed E-state index contributed by atoms with van der Waals surface area (Å²) < 4.78 is 5.73. The average Bonchev–Trinajstić information content (AvgIpc) is 3.41. The maximum atomic E-state index is 13.1. The van der Waals surface area contributed by atoms with Crippen LogP contribution in [0.4, 0.5) is 5.69 Å². The Hall–Kier alpha value is -3.21. The Bertz CT molecular complexity index is 1100. The molecule has 0 N–H and O–H groups in total. The van der Waals surface area contributed by atoms with Gasteiger partial charge in [-0.05, 0) is 66.5 Å². The smallest absolute Gasteiger partial charge is 0.343 e. The number of imide groups is 1. The van der Waals surface area contributed by atoms with E-state index in [1.807, 2.05) is 39.0 Å². The Morgan fingerprint density at radius 2 is 1.68 bits per heavy atom. The number of hydrogen-bond acceptors (Lipinski definition) is 4. The molecule has 5 heteroatoms. The molecule has 5 nitrogen and oxygen atoms in total. The van der Waals surface area contributed by atoms with E-state index in [4.69, 9.17) is 4.74 Å². The number of nitrogens with zero attached hydrogens (tertiary/aromatic N) is 1. The number of rotatable bonds is 4. The Labute approximate surface area is 181 Å². The fraction of sp³-hybridized carbons (Fsp3) is 0.346. The maximum Gasteiger partial charge on any atom is 0.343 e. The van der Waals surface area contributed by atoms with Crippen LogP contribution in [-0.2, 0) is 9.59 Å². The summed E-state index contributed by atoms with van der Waals surface area (Å²) in [5.41, 5.74) is 2.71. The van der Waals surface area contributed by atoms with E-state index >= 15 is 0 Å². The third-order valence-electron chi connectivity index (χ3n) is 6.80. The van der Waals surface area contributed by atoms with Gasteiger partial charge < -0.3 is 4.74 Å². The highest BCUT2D eigenvalue weighted by molar-refractivity contribution is 6.23. The van der Waals surface area contributed by atoms with Crippen molar-refractivity contribution in [2.45, 2.75) is 33.1 Å². The molecule has 0 aromatic heterocycles. The molecule has 158 valence electrons. The van der Waals surface area contributed by atoms with Crippen molar-refractivity contribution in [1.29, 1.82) is 0 Å². The molecular weight excluding hydrogens is 390 g/mol. The van der Waals surface area contributed by atoms with E-state index in [-0.39, 0.29) is 41.4 Å². The number of carbonyl (C=O) groups is 3.